The molecule has 0 bridgehead atoms. The van der Waals surface area contributed by atoms with Crippen molar-refractivity contribution >= 4 is 21.4 Å². The number of nitrogens with two attached hydrogens (primary N) is 1. The third kappa shape index (κ3) is 2.00. The van der Waals surface area contributed by atoms with Gasteiger partial charge in [0.05, 0.1) is 6.61 Å². The van der Waals surface area contributed by atoms with Crippen molar-refractivity contribution < 1.29 is 13.5 Å². The van der Waals surface area contributed by atoms with Crippen LogP contribution in [0.2, 0.25) is 0 Å². The second kappa shape index (κ2) is 2.90. The molecule has 0 fully saturated rings. The van der Waals surface area contributed by atoms with Gasteiger partial charge in [-0.1, -0.05) is 0 Å². The van der Waals surface area contributed by atoms with Gasteiger partial charge in [-0.2, -0.15) is 0 Å². The lowest BCUT2D eigenvalue weighted by Gasteiger charge is -1.88. The lowest BCUT2D eigenvalue weighted by atomic mass is 10.4. The van der Waals surface area contributed by atoms with Crippen molar-refractivity contribution in [3.05, 3.63) is 17.0 Å². The van der Waals surface area contributed by atoms with E-state index in [-0.39, 0.29) is 10.8 Å². The highest BCUT2D eigenvalue weighted by molar-refractivity contribution is 7.91. The fourth-order valence-electron chi connectivity index (χ4n) is 0.585. The van der Waals surface area contributed by atoms with Gasteiger partial charge in [-0.15, -0.1) is 11.3 Å². The highest BCUT2D eigenvalue weighted by atomic mass is 32.2. The Morgan fingerprint density at radius 2 is 2.27 bits per heavy atom. The third-order valence-corrected chi connectivity index (χ3v) is 3.53. The Labute approximate surface area is 68.3 Å². The normalized spacial score (nSPS) is 11.8. The fraction of sp³-hybridized carbons (Fsp3) is 0.200. The summed E-state index contributed by atoms with van der Waals surface area (Å²) in [5.74, 6) is 0. The molecule has 3 N–H and O–H groups in total. The van der Waals surface area contributed by atoms with Crippen LogP contribution in [0.5, 0.6) is 0 Å². The maximum Gasteiger partial charge on any atom is 0.247 e. The Bertz CT molecular complexity index is 340. The number of aliphatic hydroxyl groups is 1. The van der Waals surface area contributed by atoms with E-state index in [0.717, 1.165) is 11.3 Å². The predicted octanol–water partition coefficient (Wildman–Crippen LogP) is -0.112. The summed E-state index contributed by atoms with van der Waals surface area (Å²) < 4.78 is 21.4. The summed E-state index contributed by atoms with van der Waals surface area (Å²) in [6.07, 6.45) is 0. The van der Waals surface area contributed by atoms with Crippen molar-refractivity contribution in [3.63, 3.8) is 0 Å². The minimum atomic E-state index is -3.58. The Kier molecular flexibility index (Phi) is 2.28. The minimum absolute atomic E-state index is 0.0848. The minimum Gasteiger partial charge on any atom is -0.392 e. The van der Waals surface area contributed by atoms with Crippen LogP contribution in [-0.2, 0) is 16.6 Å². The highest BCUT2D eigenvalue weighted by Gasteiger charge is 2.09. The molecule has 1 heterocycles. The number of aliphatic hydroxyl groups excluding tert-OH is 1. The molecule has 11 heavy (non-hydrogen) atoms. The summed E-state index contributed by atoms with van der Waals surface area (Å²) in [4.78, 5) is 0. The molecule has 1 aromatic heterocycles. The van der Waals surface area contributed by atoms with Crippen LogP contribution in [0, 0.1) is 0 Å². The Morgan fingerprint density at radius 3 is 2.55 bits per heavy atom. The average Bonchev–Trinajstić information content (AvgIpc) is 2.32. The molecule has 0 amide bonds. The second-order valence-electron chi connectivity index (χ2n) is 1.98. The SMILES string of the molecule is NS(=O)(=O)c1cc(CO)cs1. The average molecular weight is 193 g/mol. The number of primary sulfonamides is 1. The van der Waals surface area contributed by atoms with Gasteiger partial charge >= 0.3 is 0 Å². The van der Waals surface area contributed by atoms with Crippen molar-refractivity contribution in [2.75, 3.05) is 0 Å². The topological polar surface area (TPSA) is 80.4 Å². The zero-order valence-electron chi connectivity index (χ0n) is 5.52. The van der Waals surface area contributed by atoms with E-state index >= 15 is 0 Å². The zero-order chi connectivity index (χ0) is 8.48. The van der Waals surface area contributed by atoms with Crippen LogP contribution in [0.1, 0.15) is 5.56 Å². The predicted molar refractivity (Wildman–Crippen MR) is 41.6 cm³/mol. The van der Waals surface area contributed by atoms with Gasteiger partial charge < -0.3 is 5.11 Å². The van der Waals surface area contributed by atoms with E-state index in [9.17, 15) is 8.42 Å². The van der Waals surface area contributed by atoms with Gasteiger partial charge in [0.1, 0.15) is 4.21 Å². The summed E-state index contributed by atoms with van der Waals surface area (Å²) in [6, 6.07) is 1.36. The number of thiophene rings is 1. The third-order valence-electron chi connectivity index (χ3n) is 1.09. The Morgan fingerprint density at radius 1 is 1.64 bits per heavy atom. The first-order valence-electron chi connectivity index (χ1n) is 2.75. The molecule has 0 unspecified atom stereocenters. The zero-order valence-corrected chi connectivity index (χ0v) is 7.15. The summed E-state index contributed by atoms with van der Waals surface area (Å²) in [7, 11) is -3.58. The van der Waals surface area contributed by atoms with Crippen molar-refractivity contribution in [2.45, 2.75) is 10.8 Å². The van der Waals surface area contributed by atoms with E-state index in [1.54, 1.807) is 5.38 Å². The molecule has 4 nitrogen and oxygen atoms in total. The number of sulfonamides is 1. The maximum absolute atomic E-state index is 10.7. The summed E-state index contributed by atoms with van der Waals surface area (Å²) >= 11 is 1.01. The first-order chi connectivity index (χ1) is 5.04. The van der Waals surface area contributed by atoms with Gasteiger partial charge in [-0.25, -0.2) is 13.6 Å². The molecule has 0 aromatic carbocycles. The van der Waals surface area contributed by atoms with Crippen molar-refractivity contribution in [3.8, 4) is 0 Å². The lowest BCUT2D eigenvalue weighted by molar-refractivity contribution is 0.282. The van der Waals surface area contributed by atoms with Crippen LogP contribution in [0.25, 0.3) is 0 Å². The van der Waals surface area contributed by atoms with E-state index in [1.165, 1.54) is 6.07 Å². The molecule has 1 rings (SSSR count). The smallest absolute Gasteiger partial charge is 0.247 e. The molecule has 0 saturated heterocycles. The molecular weight excluding hydrogens is 186 g/mol. The Hall–Kier alpha value is -0.430. The van der Waals surface area contributed by atoms with Crippen LogP contribution in [0.15, 0.2) is 15.7 Å². The van der Waals surface area contributed by atoms with Gasteiger partial charge in [-0.05, 0) is 17.0 Å². The Balaban J connectivity index is 3.09. The van der Waals surface area contributed by atoms with Crippen molar-refractivity contribution in [1.29, 1.82) is 0 Å². The fourth-order valence-corrected chi connectivity index (χ4v) is 2.21. The second-order valence-corrected chi connectivity index (χ2v) is 4.68. The molecule has 62 valence electrons. The molecule has 0 spiro atoms. The van der Waals surface area contributed by atoms with E-state index < -0.39 is 10.0 Å². The van der Waals surface area contributed by atoms with Crippen molar-refractivity contribution in [1.82, 2.24) is 0 Å². The van der Waals surface area contributed by atoms with Crippen molar-refractivity contribution in [2.24, 2.45) is 5.14 Å². The summed E-state index contributed by atoms with van der Waals surface area (Å²) in [5, 5.41) is 15.0. The van der Waals surface area contributed by atoms with Gasteiger partial charge in [0.2, 0.25) is 10.0 Å². The number of hydrogen-bond donors (Lipinski definition) is 2. The van der Waals surface area contributed by atoms with Crippen LogP contribution in [0.3, 0.4) is 0 Å². The van der Waals surface area contributed by atoms with Gasteiger partial charge in [0.25, 0.3) is 0 Å². The monoisotopic (exact) mass is 193 g/mol. The van der Waals surface area contributed by atoms with E-state index in [0.29, 0.717) is 5.56 Å². The van der Waals surface area contributed by atoms with Crippen LogP contribution in [-0.4, -0.2) is 13.5 Å². The first-order valence-corrected chi connectivity index (χ1v) is 5.17. The summed E-state index contributed by atoms with van der Waals surface area (Å²) in [5.41, 5.74) is 0.569. The first kappa shape index (κ1) is 8.66. The molecule has 0 radical (unpaired) electrons. The standard InChI is InChI=1S/C5H7NO3S2/c6-11(8,9)5-1-4(2-7)3-10-5/h1,3,7H,2H2,(H2,6,8,9). The van der Waals surface area contributed by atoms with Gasteiger partial charge in [0.15, 0.2) is 0 Å². The number of hydrogen-bond acceptors (Lipinski definition) is 4. The highest BCUT2D eigenvalue weighted by Crippen LogP contribution is 2.18. The molecule has 0 aliphatic heterocycles. The van der Waals surface area contributed by atoms with E-state index in [1.807, 2.05) is 0 Å². The number of rotatable bonds is 2. The van der Waals surface area contributed by atoms with Crippen LogP contribution in [0.4, 0.5) is 0 Å². The molecule has 0 atom stereocenters. The maximum atomic E-state index is 10.7. The molecule has 0 aliphatic rings. The lowest BCUT2D eigenvalue weighted by Crippen LogP contribution is -2.09. The molecular formula is C5H7NO3S2. The molecule has 0 saturated carbocycles. The summed E-state index contributed by atoms with van der Waals surface area (Å²) in [6.45, 7) is -0.161. The van der Waals surface area contributed by atoms with Crippen LogP contribution >= 0.6 is 11.3 Å². The quantitative estimate of drug-likeness (QED) is 0.687. The van der Waals surface area contributed by atoms with Crippen LogP contribution < -0.4 is 5.14 Å². The van der Waals surface area contributed by atoms with Gasteiger partial charge in [0, 0.05) is 0 Å². The largest absolute Gasteiger partial charge is 0.392 e. The molecule has 6 heteroatoms. The van der Waals surface area contributed by atoms with Gasteiger partial charge in [-0.3, -0.25) is 0 Å². The molecule has 1 aromatic rings. The van der Waals surface area contributed by atoms with E-state index in [2.05, 4.69) is 0 Å². The van der Waals surface area contributed by atoms with E-state index in [4.69, 9.17) is 10.2 Å². The molecule has 0 aliphatic carbocycles.